The number of amides is 1. The van der Waals surface area contributed by atoms with E-state index in [2.05, 4.69) is 5.32 Å². The van der Waals surface area contributed by atoms with Crippen molar-refractivity contribution in [3.8, 4) is 0 Å². The minimum absolute atomic E-state index is 0.268. The fourth-order valence-electron chi connectivity index (χ4n) is 2.20. The first kappa shape index (κ1) is 13.7. The first-order valence-corrected chi connectivity index (χ1v) is 6.99. The Balaban J connectivity index is 1.91. The molecule has 0 fully saturated rings. The first-order valence-electron chi connectivity index (χ1n) is 6.61. The van der Waals surface area contributed by atoms with Gasteiger partial charge in [0, 0.05) is 16.1 Å². The Labute approximate surface area is 127 Å². The summed E-state index contributed by atoms with van der Waals surface area (Å²) in [5, 5.41) is 4.31. The van der Waals surface area contributed by atoms with Crippen molar-refractivity contribution in [3.63, 3.8) is 0 Å². The van der Waals surface area contributed by atoms with Gasteiger partial charge in [-0.15, -0.1) is 0 Å². The fourth-order valence-corrected chi connectivity index (χ4v) is 2.38. The Morgan fingerprint density at radius 3 is 2.76 bits per heavy atom. The number of rotatable bonds is 2. The Kier molecular flexibility index (Phi) is 3.43. The van der Waals surface area contributed by atoms with Crippen LogP contribution in [0.1, 0.15) is 21.7 Å². The lowest BCUT2D eigenvalue weighted by atomic mass is 10.1. The molecule has 0 saturated heterocycles. The maximum absolute atomic E-state index is 12.3. The van der Waals surface area contributed by atoms with E-state index in [4.69, 9.17) is 16.0 Å². The zero-order valence-electron chi connectivity index (χ0n) is 11.7. The van der Waals surface area contributed by atoms with Crippen LogP contribution in [0.3, 0.4) is 0 Å². The standard InChI is InChI=1S/C17H14ClNO2/c1-10-4-3-5-14(11(10)2)19-17(20)16-9-12-8-13(18)6-7-15(12)21-16/h3-9H,1-2H3,(H,19,20). The average molecular weight is 300 g/mol. The Morgan fingerprint density at radius 2 is 1.95 bits per heavy atom. The lowest BCUT2D eigenvalue weighted by Crippen LogP contribution is -2.12. The third-order valence-corrected chi connectivity index (χ3v) is 3.79. The van der Waals surface area contributed by atoms with Crippen LogP contribution < -0.4 is 5.32 Å². The molecular formula is C17H14ClNO2. The number of fused-ring (bicyclic) bond motifs is 1. The van der Waals surface area contributed by atoms with E-state index in [1.165, 1.54) is 0 Å². The maximum Gasteiger partial charge on any atom is 0.291 e. The zero-order valence-corrected chi connectivity index (χ0v) is 12.5. The first-order chi connectivity index (χ1) is 10.0. The molecule has 0 aliphatic rings. The summed E-state index contributed by atoms with van der Waals surface area (Å²) < 4.78 is 5.56. The van der Waals surface area contributed by atoms with Crippen molar-refractivity contribution in [2.24, 2.45) is 0 Å². The molecule has 1 N–H and O–H groups in total. The second kappa shape index (κ2) is 5.26. The highest BCUT2D eigenvalue weighted by Gasteiger charge is 2.14. The smallest absolute Gasteiger partial charge is 0.291 e. The van der Waals surface area contributed by atoms with Crippen molar-refractivity contribution in [3.05, 3.63) is 64.4 Å². The van der Waals surface area contributed by atoms with Crippen molar-refractivity contribution in [2.45, 2.75) is 13.8 Å². The molecule has 3 aromatic rings. The van der Waals surface area contributed by atoms with Crippen molar-refractivity contribution in [1.82, 2.24) is 0 Å². The number of halogens is 1. The van der Waals surface area contributed by atoms with Crippen LogP contribution in [0.2, 0.25) is 5.02 Å². The summed E-state index contributed by atoms with van der Waals surface area (Å²) in [7, 11) is 0. The molecule has 0 spiro atoms. The van der Waals surface area contributed by atoms with Gasteiger partial charge in [-0.25, -0.2) is 0 Å². The lowest BCUT2D eigenvalue weighted by Gasteiger charge is -2.08. The van der Waals surface area contributed by atoms with Gasteiger partial charge in [0.1, 0.15) is 5.58 Å². The van der Waals surface area contributed by atoms with Crippen molar-refractivity contribution < 1.29 is 9.21 Å². The molecular weight excluding hydrogens is 286 g/mol. The van der Waals surface area contributed by atoms with Gasteiger partial charge in [0.15, 0.2) is 5.76 Å². The molecule has 1 amide bonds. The minimum Gasteiger partial charge on any atom is -0.451 e. The van der Waals surface area contributed by atoms with E-state index in [-0.39, 0.29) is 11.7 Å². The van der Waals surface area contributed by atoms with E-state index in [0.717, 1.165) is 22.2 Å². The highest BCUT2D eigenvalue weighted by atomic mass is 35.5. The number of nitrogens with one attached hydrogen (secondary N) is 1. The van der Waals surface area contributed by atoms with Gasteiger partial charge < -0.3 is 9.73 Å². The van der Waals surface area contributed by atoms with Crippen LogP contribution in [0, 0.1) is 13.8 Å². The number of hydrogen-bond acceptors (Lipinski definition) is 2. The van der Waals surface area contributed by atoms with Gasteiger partial charge in [-0.2, -0.15) is 0 Å². The van der Waals surface area contributed by atoms with Gasteiger partial charge >= 0.3 is 0 Å². The Hall–Kier alpha value is -2.26. The van der Waals surface area contributed by atoms with E-state index < -0.39 is 0 Å². The average Bonchev–Trinajstić information content (AvgIpc) is 2.87. The van der Waals surface area contributed by atoms with Crippen molar-refractivity contribution >= 4 is 34.2 Å². The zero-order chi connectivity index (χ0) is 15.0. The Bertz CT molecular complexity index is 836. The molecule has 3 nitrogen and oxygen atoms in total. The van der Waals surface area contributed by atoms with Gasteiger partial charge in [-0.1, -0.05) is 23.7 Å². The van der Waals surface area contributed by atoms with Crippen LogP contribution in [0.4, 0.5) is 5.69 Å². The number of carbonyl (C=O) groups is 1. The molecule has 1 heterocycles. The summed E-state index contributed by atoms with van der Waals surface area (Å²) in [6.45, 7) is 3.98. The summed E-state index contributed by atoms with van der Waals surface area (Å²) in [6, 6.07) is 12.8. The second-order valence-corrected chi connectivity index (χ2v) is 5.43. The second-order valence-electron chi connectivity index (χ2n) is 4.99. The van der Waals surface area contributed by atoms with Crippen LogP contribution in [0.15, 0.2) is 46.9 Å². The predicted octanol–water partition coefficient (Wildman–Crippen LogP) is 4.96. The molecule has 1 aromatic heterocycles. The SMILES string of the molecule is Cc1cccc(NC(=O)c2cc3cc(Cl)ccc3o2)c1C. The van der Waals surface area contributed by atoms with Gasteiger partial charge in [0.2, 0.25) is 0 Å². The molecule has 0 unspecified atom stereocenters. The highest BCUT2D eigenvalue weighted by molar-refractivity contribution is 6.31. The molecule has 0 saturated carbocycles. The number of hydrogen-bond donors (Lipinski definition) is 1. The van der Waals surface area contributed by atoms with Gasteiger partial charge in [-0.05, 0) is 55.3 Å². The molecule has 2 aromatic carbocycles. The minimum atomic E-state index is -0.268. The maximum atomic E-state index is 12.3. The topological polar surface area (TPSA) is 42.2 Å². The quantitative estimate of drug-likeness (QED) is 0.727. The van der Waals surface area contributed by atoms with Crippen molar-refractivity contribution in [1.29, 1.82) is 0 Å². The molecule has 4 heteroatoms. The van der Waals surface area contributed by atoms with E-state index >= 15 is 0 Å². The number of carbonyl (C=O) groups excluding carboxylic acids is 1. The molecule has 0 aliphatic carbocycles. The number of anilines is 1. The summed E-state index contributed by atoms with van der Waals surface area (Å²) in [5.41, 5.74) is 3.61. The van der Waals surface area contributed by atoms with E-state index in [1.807, 2.05) is 32.0 Å². The van der Waals surface area contributed by atoms with Crippen LogP contribution in [-0.2, 0) is 0 Å². The molecule has 0 atom stereocenters. The summed E-state index contributed by atoms with van der Waals surface area (Å²) >= 11 is 5.93. The van der Waals surface area contributed by atoms with Gasteiger partial charge in [0.05, 0.1) is 0 Å². The van der Waals surface area contributed by atoms with E-state index in [1.54, 1.807) is 24.3 Å². The largest absolute Gasteiger partial charge is 0.451 e. The predicted molar refractivity (Wildman–Crippen MR) is 85.1 cm³/mol. The lowest BCUT2D eigenvalue weighted by molar-refractivity contribution is 0.0998. The normalized spacial score (nSPS) is 10.8. The number of aryl methyl sites for hydroxylation is 1. The summed E-state index contributed by atoms with van der Waals surface area (Å²) in [5.74, 6) is 0.00388. The van der Waals surface area contributed by atoms with Gasteiger partial charge in [0.25, 0.3) is 5.91 Å². The number of furan rings is 1. The van der Waals surface area contributed by atoms with Crippen LogP contribution in [0.25, 0.3) is 11.0 Å². The molecule has 0 aliphatic heterocycles. The fraction of sp³-hybridized carbons (Fsp3) is 0.118. The molecule has 106 valence electrons. The van der Waals surface area contributed by atoms with Crippen LogP contribution in [-0.4, -0.2) is 5.91 Å². The van der Waals surface area contributed by atoms with Crippen LogP contribution in [0.5, 0.6) is 0 Å². The number of benzene rings is 2. The highest BCUT2D eigenvalue weighted by Crippen LogP contribution is 2.24. The summed E-state index contributed by atoms with van der Waals surface area (Å²) in [4.78, 5) is 12.3. The third kappa shape index (κ3) is 2.65. The third-order valence-electron chi connectivity index (χ3n) is 3.55. The van der Waals surface area contributed by atoms with E-state index in [0.29, 0.717) is 10.6 Å². The monoisotopic (exact) mass is 299 g/mol. The van der Waals surface area contributed by atoms with Crippen LogP contribution >= 0.6 is 11.6 Å². The van der Waals surface area contributed by atoms with E-state index in [9.17, 15) is 4.79 Å². The van der Waals surface area contributed by atoms with Crippen molar-refractivity contribution in [2.75, 3.05) is 5.32 Å². The van der Waals surface area contributed by atoms with Gasteiger partial charge in [-0.3, -0.25) is 4.79 Å². The summed E-state index contributed by atoms with van der Waals surface area (Å²) in [6.07, 6.45) is 0. The molecule has 21 heavy (non-hydrogen) atoms. The Morgan fingerprint density at radius 1 is 1.14 bits per heavy atom. The molecule has 0 bridgehead atoms. The molecule has 3 rings (SSSR count). The molecule has 0 radical (unpaired) electrons.